The van der Waals surface area contributed by atoms with Gasteiger partial charge in [-0.15, -0.1) is 0 Å². The second kappa shape index (κ2) is 5.22. The number of nitrogens with one attached hydrogen (secondary N) is 2. The van der Waals surface area contributed by atoms with Crippen molar-refractivity contribution in [1.29, 1.82) is 0 Å². The fourth-order valence-corrected chi connectivity index (χ4v) is 2.46. The Morgan fingerprint density at radius 1 is 1.50 bits per heavy atom. The highest BCUT2D eigenvalue weighted by Crippen LogP contribution is 2.27. The van der Waals surface area contributed by atoms with Gasteiger partial charge in [0, 0.05) is 11.7 Å². The summed E-state index contributed by atoms with van der Waals surface area (Å²) in [5, 5.41) is 6.56. The number of nitrogens with zero attached hydrogens (tertiary/aromatic N) is 1. The van der Waals surface area contributed by atoms with E-state index in [1.165, 1.54) is 11.3 Å². The Labute approximate surface area is 109 Å². The lowest BCUT2D eigenvalue weighted by Crippen LogP contribution is -2.34. The van der Waals surface area contributed by atoms with Crippen LogP contribution in [0.3, 0.4) is 0 Å². The highest BCUT2D eigenvalue weighted by molar-refractivity contribution is 7.22. The standard InChI is InChI=1S/C12H16N4OS/c1-7(2)15-11(17)6-14-12-16-9-4-3-8(13)5-10(9)18-12/h3-5,7H,6,13H2,1-2H3,(H,14,16)(H,15,17). The van der Waals surface area contributed by atoms with Crippen LogP contribution in [0.5, 0.6) is 0 Å². The Morgan fingerprint density at radius 2 is 2.28 bits per heavy atom. The third-order valence-electron chi connectivity index (χ3n) is 2.26. The van der Waals surface area contributed by atoms with Crippen molar-refractivity contribution in [2.24, 2.45) is 0 Å². The van der Waals surface area contributed by atoms with Crippen molar-refractivity contribution in [3.63, 3.8) is 0 Å². The van der Waals surface area contributed by atoms with Crippen molar-refractivity contribution in [3.05, 3.63) is 18.2 Å². The molecule has 2 rings (SSSR count). The number of aromatic nitrogens is 1. The highest BCUT2D eigenvalue weighted by atomic mass is 32.1. The van der Waals surface area contributed by atoms with E-state index in [0.717, 1.165) is 21.0 Å². The number of hydrogen-bond donors (Lipinski definition) is 3. The first-order valence-electron chi connectivity index (χ1n) is 5.74. The minimum absolute atomic E-state index is 0.0382. The fourth-order valence-electron chi connectivity index (χ4n) is 1.55. The monoisotopic (exact) mass is 264 g/mol. The molecule has 0 saturated heterocycles. The SMILES string of the molecule is CC(C)NC(=O)CNc1nc2ccc(N)cc2s1. The zero-order chi connectivity index (χ0) is 13.1. The molecule has 0 spiro atoms. The summed E-state index contributed by atoms with van der Waals surface area (Å²) in [6.07, 6.45) is 0. The summed E-state index contributed by atoms with van der Waals surface area (Å²) in [6, 6.07) is 5.72. The van der Waals surface area contributed by atoms with Gasteiger partial charge in [0.15, 0.2) is 5.13 Å². The molecule has 18 heavy (non-hydrogen) atoms. The molecule has 0 unspecified atom stereocenters. The summed E-state index contributed by atoms with van der Waals surface area (Å²) in [7, 11) is 0. The van der Waals surface area contributed by atoms with Crippen molar-refractivity contribution in [3.8, 4) is 0 Å². The molecule has 0 saturated carbocycles. The van der Waals surface area contributed by atoms with E-state index in [0.29, 0.717) is 0 Å². The predicted octanol–water partition coefficient (Wildman–Crippen LogP) is 1.81. The highest BCUT2D eigenvalue weighted by Gasteiger charge is 2.06. The number of nitrogens with two attached hydrogens (primary N) is 1. The summed E-state index contributed by atoms with van der Waals surface area (Å²) in [5.74, 6) is -0.0382. The molecule has 6 heteroatoms. The largest absolute Gasteiger partial charge is 0.399 e. The second-order valence-corrected chi connectivity index (χ2v) is 5.35. The van der Waals surface area contributed by atoms with Crippen molar-refractivity contribution in [2.75, 3.05) is 17.6 Å². The van der Waals surface area contributed by atoms with Gasteiger partial charge in [0.2, 0.25) is 5.91 Å². The van der Waals surface area contributed by atoms with Crippen LogP contribution in [0.1, 0.15) is 13.8 Å². The average molecular weight is 264 g/mol. The molecule has 0 aliphatic carbocycles. The van der Waals surface area contributed by atoms with E-state index in [4.69, 9.17) is 5.73 Å². The molecule has 0 aliphatic rings. The minimum atomic E-state index is -0.0382. The van der Waals surface area contributed by atoms with Crippen molar-refractivity contribution < 1.29 is 4.79 Å². The normalized spacial score (nSPS) is 10.8. The average Bonchev–Trinajstić information content (AvgIpc) is 2.67. The van der Waals surface area contributed by atoms with E-state index in [1.54, 1.807) is 0 Å². The predicted molar refractivity (Wildman–Crippen MR) is 75.8 cm³/mol. The molecule has 0 fully saturated rings. The molecular weight excluding hydrogens is 248 g/mol. The smallest absolute Gasteiger partial charge is 0.239 e. The van der Waals surface area contributed by atoms with Crippen LogP contribution in [-0.4, -0.2) is 23.5 Å². The zero-order valence-electron chi connectivity index (χ0n) is 10.4. The molecule has 4 N–H and O–H groups in total. The lowest BCUT2D eigenvalue weighted by atomic mass is 10.3. The third-order valence-corrected chi connectivity index (χ3v) is 3.24. The molecule has 1 heterocycles. The number of nitrogen functional groups attached to an aromatic ring is 1. The van der Waals surface area contributed by atoms with E-state index in [-0.39, 0.29) is 18.5 Å². The summed E-state index contributed by atoms with van der Waals surface area (Å²) >= 11 is 1.49. The van der Waals surface area contributed by atoms with Crippen LogP contribution in [0.2, 0.25) is 0 Å². The van der Waals surface area contributed by atoms with Gasteiger partial charge < -0.3 is 16.4 Å². The van der Waals surface area contributed by atoms with Gasteiger partial charge in [-0.25, -0.2) is 4.98 Å². The Balaban J connectivity index is 2.02. The lowest BCUT2D eigenvalue weighted by Gasteiger charge is -2.07. The summed E-state index contributed by atoms with van der Waals surface area (Å²) in [4.78, 5) is 15.9. The maximum absolute atomic E-state index is 11.5. The topological polar surface area (TPSA) is 80.0 Å². The third kappa shape index (κ3) is 3.10. The molecule has 1 aromatic carbocycles. The number of hydrogen-bond acceptors (Lipinski definition) is 5. The first-order chi connectivity index (χ1) is 8.54. The Kier molecular flexibility index (Phi) is 3.66. The lowest BCUT2D eigenvalue weighted by molar-refractivity contribution is -0.119. The van der Waals surface area contributed by atoms with E-state index in [1.807, 2.05) is 32.0 Å². The van der Waals surface area contributed by atoms with Crippen LogP contribution in [0.25, 0.3) is 10.2 Å². The Bertz CT molecular complexity index is 564. The number of anilines is 2. The molecule has 0 radical (unpaired) electrons. The van der Waals surface area contributed by atoms with E-state index < -0.39 is 0 Å². The molecule has 1 amide bonds. The van der Waals surface area contributed by atoms with Crippen molar-refractivity contribution in [2.45, 2.75) is 19.9 Å². The maximum Gasteiger partial charge on any atom is 0.239 e. The molecule has 0 atom stereocenters. The number of carbonyl (C=O) groups excluding carboxylic acids is 1. The second-order valence-electron chi connectivity index (χ2n) is 4.32. The first kappa shape index (κ1) is 12.6. The van der Waals surface area contributed by atoms with Crippen LogP contribution < -0.4 is 16.4 Å². The number of benzene rings is 1. The first-order valence-corrected chi connectivity index (χ1v) is 6.55. The maximum atomic E-state index is 11.5. The zero-order valence-corrected chi connectivity index (χ0v) is 11.2. The Morgan fingerprint density at radius 3 is 3.00 bits per heavy atom. The quantitative estimate of drug-likeness (QED) is 0.736. The van der Waals surface area contributed by atoms with E-state index in [2.05, 4.69) is 15.6 Å². The van der Waals surface area contributed by atoms with Gasteiger partial charge >= 0.3 is 0 Å². The van der Waals surface area contributed by atoms with Crippen LogP contribution in [0.15, 0.2) is 18.2 Å². The van der Waals surface area contributed by atoms with Gasteiger partial charge in [0.25, 0.3) is 0 Å². The van der Waals surface area contributed by atoms with Gasteiger partial charge in [0.05, 0.1) is 16.8 Å². The number of fused-ring (bicyclic) bond motifs is 1. The van der Waals surface area contributed by atoms with Gasteiger partial charge in [-0.1, -0.05) is 11.3 Å². The van der Waals surface area contributed by atoms with Gasteiger partial charge in [-0.2, -0.15) is 0 Å². The van der Waals surface area contributed by atoms with Crippen molar-refractivity contribution in [1.82, 2.24) is 10.3 Å². The molecule has 0 aliphatic heterocycles. The molecule has 0 bridgehead atoms. The fraction of sp³-hybridized carbons (Fsp3) is 0.333. The minimum Gasteiger partial charge on any atom is -0.399 e. The van der Waals surface area contributed by atoms with E-state index in [9.17, 15) is 4.79 Å². The van der Waals surface area contributed by atoms with Gasteiger partial charge in [0.1, 0.15) is 0 Å². The molecule has 2 aromatic rings. The van der Waals surface area contributed by atoms with Gasteiger partial charge in [-0.05, 0) is 32.0 Å². The molecular formula is C12H16N4OS. The molecule has 1 aromatic heterocycles. The molecule has 96 valence electrons. The summed E-state index contributed by atoms with van der Waals surface area (Å²) in [5.41, 5.74) is 7.31. The van der Waals surface area contributed by atoms with E-state index >= 15 is 0 Å². The number of thiazole rings is 1. The van der Waals surface area contributed by atoms with Crippen LogP contribution in [-0.2, 0) is 4.79 Å². The molecule has 5 nitrogen and oxygen atoms in total. The number of carbonyl (C=O) groups is 1. The Hall–Kier alpha value is -1.82. The summed E-state index contributed by atoms with van der Waals surface area (Å²) in [6.45, 7) is 4.09. The van der Waals surface area contributed by atoms with Crippen LogP contribution in [0.4, 0.5) is 10.8 Å². The van der Waals surface area contributed by atoms with Crippen LogP contribution in [0, 0.1) is 0 Å². The van der Waals surface area contributed by atoms with Crippen LogP contribution >= 0.6 is 11.3 Å². The van der Waals surface area contributed by atoms with Gasteiger partial charge in [-0.3, -0.25) is 4.79 Å². The number of rotatable bonds is 4. The van der Waals surface area contributed by atoms with Crippen molar-refractivity contribution >= 4 is 38.3 Å². The number of amides is 1. The summed E-state index contributed by atoms with van der Waals surface area (Å²) < 4.78 is 1.02.